The van der Waals surface area contributed by atoms with Crippen molar-refractivity contribution >= 4 is 23.6 Å². The number of amides is 3. The molecule has 33 heavy (non-hydrogen) atoms. The lowest BCUT2D eigenvalue weighted by atomic mass is 10.00. The number of rotatable bonds is 6. The van der Waals surface area contributed by atoms with E-state index in [1.54, 1.807) is 45.9 Å². The standard InChI is InChI=1S/C25H33N3O5/c1-15-10-8-11-16(2)20(15)27-23(31)21(18-13-9-12-17(3)22(18)30)28(7)19(29)14-26-24(32)33-25(4,5)6/h8-13,21,30H,14H2,1-7H3,(H,26,32)(H,27,31). The maximum atomic E-state index is 13.4. The molecular formula is C25H33N3O5. The molecule has 2 aromatic rings. The van der Waals surface area contributed by atoms with Gasteiger partial charge in [-0.2, -0.15) is 0 Å². The second kappa shape index (κ2) is 10.4. The third-order valence-corrected chi connectivity index (χ3v) is 5.10. The Morgan fingerprint density at radius 3 is 2.12 bits per heavy atom. The fraction of sp³-hybridized carbons (Fsp3) is 0.400. The topological polar surface area (TPSA) is 108 Å². The lowest BCUT2D eigenvalue weighted by molar-refractivity contribution is -0.136. The SMILES string of the molecule is Cc1cccc(C(C(=O)Nc2c(C)cccc2C)N(C)C(=O)CNC(=O)OC(C)(C)C)c1O. The van der Waals surface area contributed by atoms with Gasteiger partial charge in [0.05, 0.1) is 0 Å². The van der Waals surface area contributed by atoms with Crippen LogP contribution >= 0.6 is 0 Å². The zero-order valence-corrected chi connectivity index (χ0v) is 20.3. The molecule has 0 aliphatic rings. The van der Waals surface area contributed by atoms with Crippen LogP contribution in [0.5, 0.6) is 5.75 Å². The molecule has 0 bridgehead atoms. The molecule has 2 rings (SSSR count). The van der Waals surface area contributed by atoms with Crippen molar-refractivity contribution in [3.8, 4) is 5.75 Å². The molecule has 2 aromatic carbocycles. The van der Waals surface area contributed by atoms with Gasteiger partial charge in [0.15, 0.2) is 0 Å². The van der Waals surface area contributed by atoms with Gasteiger partial charge in [-0.25, -0.2) is 4.79 Å². The summed E-state index contributed by atoms with van der Waals surface area (Å²) in [6.45, 7) is 10.2. The highest BCUT2D eigenvalue weighted by Crippen LogP contribution is 2.32. The van der Waals surface area contributed by atoms with Crippen LogP contribution in [0.1, 0.15) is 49.1 Å². The van der Waals surface area contributed by atoms with E-state index in [0.29, 0.717) is 11.3 Å². The number of phenols is 1. The zero-order chi connectivity index (χ0) is 24.9. The number of aryl methyl sites for hydroxylation is 3. The van der Waals surface area contributed by atoms with Crippen LogP contribution in [0, 0.1) is 20.8 Å². The lowest BCUT2D eigenvalue weighted by Crippen LogP contribution is -2.44. The molecule has 0 spiro atoms. The summed E-state index contributed by atoms with van der Waals surface area (Å²) < 4.78 is 5.16. The van der Waals surface area contributed by atoms with Crippen molar-refractivity contribution in [1.29, 1.82) is 0 Å². The number of nitrogens with zero attached hydrogens (tertiary/aromatic N) is 1. The highest BCUT2D eigenvalue weighted by molar-refractivity contribution is 5.99. The van der Waals surface area contributed by atoms with Gasteiger partial charge in [0.2, 0.25) is 5.91 Å². The third kappa shape index (κ3) is 6.71. The molecule has 3 amide bonds. The predicted octanol–water partition coefficient (Wildman–Crippen LogP) is 3.98. The van der Waals surface area contributed by atoms with Crippen LogP contribution in [0.2, 0.25) is 0 Å². The van der Waals surface area contributed by atoms with Crippen molar-refractivity contribution in [2.45, 2.75) is 53.2 Å². The van der Waals surface area contributed by atoms with Crippen LogP contribution in [-0.2, 0) is 14.3 Å². The van der Waals surface area contributed by atoms with Gasteiger partial charge in [0, 0.05) is 18.3 Å². The van der Waals surface area contributed by atoms with Crippen molar-refractivity contribution in [2.24, 2.45) is 0 Å². The van der Waals surface area contributed by atoms with E-state index < -0.39 is 29.6 Å². The number of para-hydroxylation sites is 2. The number of hydrogen-bond donors (Lipinski definition) is 3. The maximum Gasteiger partial charge on any atom is 0.408 e. The molecule has 3 N–H and O–H groups in total. The zero-order valence-electron chi connectivity index (χ0n) is 20.3. The Morgan fingerprint density at radius 2 is 1.55 bits per heavy atom. The van der Waals surface area contributed by atoms with Crippen molar-refractivity contribution in [1.82, 2.24) is 10.2 Å². The normalized spacial score (nSPS) is 12.0. The van der Waals surface area contributed by atoms with Crippen molar-refractivity contribution in [3.05, 3.63) is 58.7 Å². The van der Waals surface area contributed by atoms with Gasteiger partial charge < -0.3 is 25.4 Å². The van der Waals surface area contributed by atoms with Crippen molar-refractivity contribution in [3.63, 3.8) is 0 Å². The van der Waals surface area contributed by atoms with E-state index in [4.69, 9.17) is 4.74 Å². The maximum absolute atomic E-state index is 13.4. The highest BCUT2D eigenvalue weighted by Gasteiger charge is 2.32. The number of carbonyl (C=O) groups is 3. The van der Waals surface area contributed by atoms with E-state index in [1.165, 1.54) is 11.9 Å². The summed E-state index contributed by atoms with van der Waals surface area (Å²) in [6.07, 6.45) is -0.737. The number of alkyl carbamates (subject to hydrolysis) is 1. The van der Waals surface area contributed by atoms with Gasteiger partial charge in [0.1, 0.15) is 23.9 Å². The van der Waals surface area contributed by atoms with Crippen LogP contribution in [0.15, 0.2) is 36.4 Å². The molecular weight excluding hydrogens is 422 g/mol. The number of nitrogens with one attached hydrogen (secondary N) is 2. The number of hydrogen-bond acceptors (Lipinski definition) is 5. The monoisotopic (exact) mass is 455 g/mol. The van der Waals surface area contributed by atoms with Gasteiger partial charge in [-0.3, -0.25) is 9.59 Å². The molecule has 0 saturated carbocycles. The number of benzene rings is 2. The molecule has 0 aromatic heterocycles. The molecule has 0 aliphatic heterocycles. The Hall–Kier alpha value is -3.55. The first-order chi connectivity index (χ1) is 15.3. The van der Waals surface area contributed by atoms with Crippen LogP contribution in [0.4, 0.5) is 10.5 Å². The smallest absolute Gasteiger partial charge is 0.408 e. The molecule has 178 valence electrons. The number of carbonyl (C=O) groups excluding carboxylic acids is 3. The van der Waals surface area contributed by atoms with Gasteiger partial charge in [-0.15, -0.1) is 0 Å². The summed E-state index contributed by atoms with van der Waals surface area (Å²) in [5.74, 6) is -1.08. The summed E-state index contributed by atoms with van der Waals surface area (Å²) >= 11 is 0. The average Bonchev–Trinajstić information content (AvgIpc) is 2.71. The van der Waals surface area contributed by atoms with Crippen molar-refractivity contribution < 1.29 is 24.2 Å². The molecule has 8 nitrogen and oxygen atoms in total. The largest absolute Gasteiger partial charge is 0.507 e. The number of ether oxygens (including phenoxy) is 1. The molecule has 1 atom stereocenters. The highest BCUT2D eigenvalue weighted by atomic mass is 16.6. The average molecular weight is 456 g/mol. The minimum atomic E-state index is -1.13. The number of likely N-dealkylation sites (N-methyl/N-ethyl adjacent to an activating group) is 1. The summed E-state index contributed by atoms with van der Waals surface area (Å²) in [5, 5.41) is 16.0. The Labute approximate surface area is 194 Å². The van der Waals surface area contributed by atoms with E-state index in [-0.39, 0.29) is 17.9 Å². The number of phenolic OH excluding ortho intramolecular Hbond substituents is 1. The Kier molecular flexibility index (Phi) is 8.08. The molecule has 0 radical (unpaired) electrons. The number of anilines is 1. The minimum absolute atomic E-state index is 0.0705. The second-order valence-corrected chi connectivity index (χ2v) is 9.03. The Bertz CT molecular complexity index is 1020. The van der Waals surface area contributed by atoms with E-state index in [1.807, 2.05) is 32.0 Å². The molecule has 1 unspecified atom stereocenters. The fourth-order valence-electron chi connectivity index (χ4n) is 3.36. The van der Waals surface area contributed by atoms with E-state index in [9.17, 15) is 19.5 Å². The lowest BCUT2D eigenvalue weighted by Gasteiger charge is -2.29. The fourth-order valence-corrected chi connectivity index (χ4v) is 3.36. The first kappa shape index (κ1) is 25.7. The molecule has 0 fully saturated rings. The molecule has 8 heteroatoms. The van der Waals surface area contributed by atoms with Crippen LogP contribution in [0.3, 0.4) is 0 Å². The van der Waals surface area contributed by atoms with Gasteiger partial charge in [-0.05, 0) is 58.2 Å². The van der Waals surface area contributed by atoms with Crippen LogP contribution < -0.4 is 10.6 Å². The minimum Gasteiger partial charge on any atom is -0.507 e. The first-order valence-corrected chi connectivity index (χ1v) is 10.7. The third-order valence-electron chi connectivity index (χ3n) is 5.10. The second-order valence-electron chi connectivity index (χ2n) is 9.03. The Balaban J connectivity index is 2.33. The van der Waals surface area contributed by atoms with E-state index >= 15 is 0 Å². The van der Waals surface area contributed by atoms with E-state index in [0.717, 1.165) is 11.1 Å². The molecule has 0 saturated heterocycles. The van der Waals surface area contributed by atoms with Gasteiger partial charge in [0.25, 0.3) is 5.91 Å². The summed E-state index contributed by atoms with van der Waals surface area (Å²) in [5.41, 5.74) is 2.54. The first-order valence-electron chi connectivity index (χ1n) is 10.7. The number of aromatic hydroxyl groups is 1. The molecule has 0 aliphatic carbocycles. The van der Waals surface area contributed by atoms with E-state index in [2.05, 4.69) is 10.6 Å². The van der Waals surface area contributed by atoms with Crippen LogP contribution in [0.25, 0.3) is 0 Å². The van der Waals surface area contributed by atoms with Gasteiger partial charge >= 0.3 is 6.09 Å². The molecule has 0 heterocycles. The quantitative estimate of drug-likeness (QED) is 0.611. The van der Waals surface area contributed by atoms with Crippen molar-refractivity contribution in [2.75, 3.05) is 18.9 Å². The summed E-state index contributed by atoms with van der Waals surface area (Å²) in [4.78, 5) is 39.5. The predicted molar refractivity (Wildman–Crippen MR) is 127 cm³/mol. The van der Waals surface area contributed by atoms with Gasteiger partial charge in [-0.1, -0.05) is 36.4 Å². The summed E-state index contributed by atoms with van der Waals surface area (Å²) in [7, 11) is 1.45. The van der Waals surface area contributed by atoms with Crippen LogP contribution in [-0.4, -0.2) is 47.1 Å². The summed E-state index contributed by atoms with van der Waals surface area (Å²) in [6, 6.07) is 9.54. The Morgan fingerprint density at radius 1 is 1.00 bits per heavy atom.